The molecule has 0 amide bonds. The minimum absolute atomic E-state index is 0.389. The SMILES string of the molecule is Cc1cc(CC2(N)N=C(N)C=C(N3CCN(C)CC3)N2)on1. The zero-order chi connectivity index (χ0) is 15.7. The van der Waals surface area contributed by atoms with Gasteiger partial charge in [0.2, 0.25) is 0 Å². The molecule has 1 unspecified atom stereocenters. The van der Waals surface area contributed by atoms with Crippen LogP contribution in [-0.2, 0) is 6.42 Å². The van der Waals surface area contributed by atoms with Gasteiger partial charge in [0, 0.05) is 38.3 Å². The van der Waals surface area contributed by atoms with E-state index in [1.165, 1.54) is 0 Å². The van der Waals surface area contributed by atoms with E-state index in [9.17, 15) is 0 Å². The van der Waals surface area contributed by atoms with Gasteiger partial charge >= 0.3 is 0 Å². The molecule has 1 fully saturated rings. The minimum Gasteiger partial charge on any atom is -0.384 e. The number of rotatable bonds is 3. The Morgan fingerprint density at radius 3 is 2.73 bits per heavy atom. The number of hydrogen-bond donors (Lipinski definition) is 3. The van der Waals surface area contributed by atoms with Crippen LogP contribution < -0.4 is 16.8 Å². The van der Waals surface area contributed by atoms with Crippen molar-refractivity contribution in [1.82, 2.24) is 20.3 Å². The quantitative estimate of drug-likeness (QED) is 0.670. The zero-order valence-corrected chi connectivity index (χ0v) is 13.0. The van der Waals surface area contributed by atoms with Gasteiger partial charge in [0.15, 0.2) is 5.79 Å². The van der Waals surface area contributed by atoms with Crippen molar-refractivity contribution < 1.29 is 4.52 Å². The molecular formula is C14H23N7O. The number of piperazine rings is 1. The topological polar surface area (TPSA) is 109 Å². The first-order chi connectivity index (χ1) is 10.4. The third-order valence-corrected chi connectivity index (χ3v) is 3.92. The predicted octanol–water partition coefficient (Wildman–Crippen LogP) is -0.813. The van der Waals surface area contributed by atoms with Crippen LogP contribution in [0.15, 0.2) is 27.5 Å². The second kappa shape index (κ2) is 5.62. The van der Waals surface area contributed by atoms with Gasteiger partial charge in [0.25, 0.3) is 0 Å². The molecular weight excluding hydrogens is 282 g/mol. The van der Waals surface area contributed by atoms with E-state index in [0.29, 0.717) is 18.0 Å². The molecule has 5 N–H and O–H groups in total. The molecule has 0 spiro atoms. The van der Waals surface area contributed by atoms with Gasteiger partial charge in [-0.1, -0.05) is 5.16 Å². The van der Waals surface area contributed by atoms with Crippen molar-refractivity contribution in [2.45, 2.75) is 19.1 Å². The van der Waals surface area contributed by atoms with Gasteiger partial charge in [-0.2, -0.15) is 0 Å². The van der Waals surface area contributed by atoms with Crippen molar-refractivity contribution in [3.05, 3.63) is 29.4 Å². The Bertz CT molecular complexity index is 600. The van der Waals surface area contributed by atoms with Crippen molar-refractivity contribution in [2.75, 3.05) is 33.2 Å². The Labute approximate surface area is 129 Å². The number of aryl methyl sites for hydroxylation is 1. The Kier molecular flexibility index (Phi) is 3.79. The van der Waals surface area contributed by atoms with Crippen molar-refractivity contribution in [1.29, 1.82) is 0 Å². The molecule has 0 aliphatic carbocycles. The number of aromatic nitrogens is 1. The number of likely N-dealkylation sites (N-methyl/N-ethyl adjacent to an activating group) is 1. The van der Waals surface area contributed by atoms with Crippen LogP contribution in [0.1, 0.15) is 11.5 Å². The summed E-state index contributed by atoms with van der Waals surface area (Å²) in [6.07, 6.45) is 2.22. The lowest BCUT2D eigenvalue weighted by atomic mass is 10.1. The van der Waals surface area contributed by atoms with Crippen molar-refractivity contribution in [3.63, 3.8) is 0 Å². The number of nitrogens with two attached hydrogens (primary N) is 2. The number of nitrogens with one attached hydrogen (secondary N) is 1. The molecule has 3 heterocycles. The molecule has 1 saturated heterocycles. The highest BCUT2D eigenvalue weighted by Crippen LogP contribution is 2.18. The smallest absolute Gasteiger partial charge is 0.192 e. The van der Waals surface area contributed by atoms with Crippen LogP contribution in [0.4, 0.5) is 0 Å². The molecule has 0 bridgehead atoms. The highest BCUT2D eigenvalue weighted by Gasteiger charge is 2.32. The monoisotopic (exact) mass is 305 g/mol. The molecule has 3 rings (SSSR count). The van der Waals surface area contributed by atoms with E-state index in [2.05, 4.69) is 32.3 Å². The molecule has 0 saturated carbocycles. The minimum atomic E-state index is -1.01. The fraction of sp³-hybridized carbons (Fsp3) is 0.571. The van der Waals surface area contributed by atoms with Gasteiger partial charge in [-0.15, -0.1) is 0 Å². The van der Waals surface area contributed by atoms with Crippen molar-refractivity contribution in [3.8, 4) is 0 Å². The van der Waals surface area contributed by atoms with E-state index in [1.807, 2.05) is 19.1 Å². The lowest BCUT2D eigenvalue weighted by Crippen LogP contribution is -2.60. The molecule has 120 valence electrons. The summed E-state index contributed by atoms with van der Waals surface area (Å²) in [6.45, 7) is 5.75. The molecule has 22 heavy (non-hydrogen) atoms. The van der Waals surface area contributed by atoms with E-state index >= 15 is 0 Å². The number of hydrogen-bond acceptors (Lipinski definition) is 8. The summed E-state index contributed by atoms with van der Waals surface area (Å²) in [6, 6.07) is 1.86. The Morgan fingerprint density at radius 1 is 1.36 bits per heavy atom. The number of aliphatic imine (C=N–C) groups is 1. The maximum atomic E-state index is 6.37. The predicted molar refractivity (Wildman–Crippen MR) is 83.8 cm³/mol. The van der Waals surface area contributed by atoms with Gasteiger partial charge < -0.3 is 25.4 Å². The first kappa shape index (κ1) is 14.9. The van der Waals surface area contributed by atoms with Crippen molar-refractivity contribution >= 4 is 5.84 Å². The third kappa shape index (κ3) is 3.23. The zero-order valence-electron chi connectivity index (χ0n) is 13.0. The van der Waals surface area contributed by atoms with E-state index in [0.717, 1.165) is 37.7 Å². The van der Waals surface area contributed by atoms with Crippen LogP contribution in [0.3, 0.4) is 0 Å². The Hall–Kier alpha value is -2.06. The lowest BCUT2D eigenvalue weighted by Gasteiger charge is -2.40. The summed E-state index contributed by atoms with van der Waals surface area (Å²) < 4.78 is 5.24. The average Bonchev–Trinajstić information content (AvgIpc) is 2.83. The fourth-order valence-corrected chi connectivity index (χ4v) is 2.76. The van der Waals surface area contributed by atoms with Crippen LogP contribution in [0.25, 0.3) is 0 Å². The molecule has 8 heteroatoms. The summed E-state index contributed by atoms with van der Waals surface area (Å²) in [5.74, 6) is 1.01. The molecule has 1 atom stereocenters. The van der Waals surface area contributed by atoms with Gasteiger partial charge in [-0.05, 0) is 14.0 Å². The standard InChI is InChI=1S/C14H23N7O/c1-10-7-11(22-19-10)9-14(16)17-12(15)8-13(18-14)21-5-3-20(2)4-6-21/h7-8,18H,3-6,9,16H2,1-2H3,(H2,15,17). The lowest BCUT2D eigenvalue weighted by molar-refractivity contribution is 0.164. The van der Waals surface area contributed by atoms with Gasteiger partial charge in [-0.3, -0.25) is 5.73 Å². The summed E-state index contributed by atoms with van der Waals surface area (Å²) in [7, 11) is 2.12. The summed E-state index contributed by atoms with van der Waals surface area (Å²) in [5, 5.41) is 7.17. The van der Waals surface area contributed by atoms with Gasteiger partial charge in [0.05, 0.1) is 12.1 Å². The van der Waals surface area contributed by atoms with Crippen LogP contribution in [0, 0.1) is 6.92 Å². The van der Waals surface area contributed by atoms with Crippen LogP contribution in [0.5, 0.6) is 0 Å². The van der Waals surface area contributed by atoms with Crippen LogP contribution in [-0.4, -0.2) is 59.8 Å². The van der Waals surface area contributed by atoms with E-state index in [-0.39, 0.29) is 0 Å². The van der Waals surface area contributed by atoms with Crippen LogP contribution in [0.2, 0.25) is 0 Å². The van der Waals surface area contributed by atoms with Crippen molar-refractivity contribution in [2.24, 2.45) is 16.5 Å². The summed E-state index contributed by atoms with van der Waals surface area (Å²) in [4.78, 5) is 8.88. The largest absolute Gasteiger partial charge is 0.384 e. The maximum Gasteiger partial charge on any atom is 0.192 e. The van der Waals surface area contributed by atoms with E-state index < -0.39 is 5.79 Å². The second-order valence-corrected chi connectivity index (χ2v) is 6.02. The molecule has 2 aliphatic heterocycles. The first-order valence-electron chi connectivity index (χ1n) is 7.43. The van der Waals surface area contributed by atoms with E-state index in [4.69, 9.17) is 16.0 Å². The van der Waals surface area contributed by atoms with Gasteiger partial charge in [-0.25, -0.2) is 4.99 Å². The molecule has 1 aromatic rings. The number of amidine groups is 1. The molecule has 0 radical (unpaired) electrons. The van der Waals surface area contributed by atoms with Gasteiger partial charge in [0.1, 0.15) is 17.4 Å². The Balaban J connectivity index is 1.74. The normalized spacial score (nSPS) is 26.4. The Morgan fingerprint density at radius 2 is 2.09 bits per heavy atom. The summed E-state index contributed by atoms with van der Waals surface area (Å²) in [5.41, 5.74) is 13.2. The second-order valence-electron chi connectivity index (χ2n) is 6.02. The average molecular weight is 305 g/mol. The highest BCUT2D eigenvalue weighted by atomic mass is 16.5. The molecule has 0 aromatic carbocycles. The highest BCUT2D eigenvalue weighted by molar-refractivity contribution is 5.92. The number of nitrogens with zero attached hydrogens (tertiary/aromatic N) is 4. The van der Waals surface area contributed by atoms with E-state index in [1.54, 1.807) is 0 Å². The molecule has 8 nitrogen and oxygen atoms in total. The third-order valence-electron chi connectivity index (χ3n) is 3.92. The molecule has 2 aliphatic rings. The summed E-state index contributed by atoms with van der Waals surface area (Å²) >= 11 is 0. The maximum absolute atomic E-state index is 6.37. The first-order valence-corrected chi connectivity index (χ1v) is 7.43. The fourth-order valence-electron chi connectivity index (χ4n) is 2.76. The van der Waals surface area contributed by atoms with Crippen LogP contribution >= 0.6 is 0 Å². The molecule has 1 aromatic heterocycles.